The summed E-state index contributed by atoms with van der Waals surface area (Å²) < 4.78 is 38.4. The first-order chi connectivity index (χ1) is 10.2. The summed E-state index contributed by atoms with van der Waals surface area (Å²) in [5.74, 6) is -1.19. The molecule has 0 bridgehead atoms. The summed E-state index contributed by atoms with van der Waals surface area (Å²) in [7, 11) is 0. The molecule has 0 radical (unpaired) electrons. The van der Waals surface area contributed by atoms with Gasteiger partial charge in [0.15, 0.2) is 5.69 Å². The van der Waals surface area contributed by atoms with Crippen LogP contribution in [0, 0.1) is 17.2 Å². The Hall–Kier alpha value is -1.52. The number of nitrogens with one attached hydrogen (secondary N) is 1. The van der Waals surface area contributed by atoms with Crippen molar-refractivity contribution in [2.75, 3.05) is 11.9 Å². The third kappa shape index (κ3) is 4.02. The van der Waals surface area contributed by atoms with Crippen molar-refractivity contribution in [3.8, 4) is 6.07 Å². The van der Waals surface area contributed by atoms with Crippen LogP contribution in [0.3, 0.4) is 0 Å². The average molecular weight is 334 g/mol. The van der Waals surface area contributed by atoms with E-state index in [2.05, 4.69) is 10.3 Å². The van der Waals surface area contributed by atoms with Crippen LogP contribution in [0.4, 0.5) is 19.0 Å². The molecule has 8 heteroatoms. The van der Waals surface area contributed by atoms with Gasteiger partial charge < -0.3 is 10.4 Å². The van der Waals surface area contributed by atoms with E-state index in [9.17, 15) is 18.3 Å². The second-order valence-corrected chi connectivity index (χ2v) is 5.96. The van der Waals surface area contributed by atoms with Crippen LogP contribution in [0.1, 0.15) is 31.4 Å². The number of aromatic nitrogens is 1. The standard InChI is InChI=1S/C14H15ClF3N3O/c15-10-3-4-12(21-11(10)7-19)20-8-13(22)5-1-2-9(6-13)14(16,17)18/h3-4,9,22H,1-2,5-6,8H2,(H,20,21). The number of halogens is 4. The van der Waals surface area contributed by atoms with Gasteiger partial charge in [0.25, 0.3) is 0 Å². The van der Waals surface area contributed by atoms with Gasteiger partial charge in [-0.25, -0.2) is 4.98 Å². The topological polar surface area (TPSA) is 68.9 Å². The summed E-state index contributed by atoms with van der Waals surface area (Å²) in [5, 5.41) is 22.2. The number of aliphatic hydroxyl groups is 1. The van der Waals surface area contributed by atoms with Gasteiger partial charge in [-0.3, -0.25) is 0 Å². The molecule has 0 aromatic carbocycles. The third-order valence-electron chi connectivity index (χ3n) is 3.83. The van der Waals surface area contributed by atoms with E-state index in [0.717, 1.165) is 0 Å². The molecule has 2 unspecified atom stereocenters. The minimum Gasteiger partial charge on any atom is -0.388 e. The van der Waals surface area contributed by atoms with E-state index in [1.165, 1.54) is 12.1 Å². The zero-order valence-corrected chi connectivity index (χ0v) is 12.4. The molecule has 0 aliphatic heterocycles. The van der Waals surface area contributed by atoms with Crippen LogP contribution in [-0.2, 0) is 0 Å². The van der Waals surface area contributed by atoms with E-state index in [1.807, 2.05) is 6.07 Å². The Morgan fingerprint density at radius 1 is 1.50 bits per heavy atom. The molecular formula is C14H15ClF3N3O. The molecule has 0 saturated heterocycles. The maximum absolute atomic E-state index is 12.8. The first kappa shape index (κ1) is 16.8. The fraction of sp³-hybridized carbons (Fsp3) is 0.571. The largest absolute Gasteiger partial charge is 0.391 e. The van der Waals surface area contributed by atoms with Gasteiger partial charge in [-0.2, -0.15) is 18.4 Å². The van der Waals surface area contributed by atoms with Gasteiger partial charge >= 0.3 is 6.18 Å². The molecule has 0 amide bonds. The molecular weight excluding hydrogens is 319 g/mol. The Morgan fingerprint density at radius 2 is 2.23 bits per heavy atom. The van der Waals surface area contributed by atoms with Crippen LogP contribution in [0.15, 0.2) is 12.1 Å². The van der Waals surface area contributed by atoms with E-state index in [-0.39, 0.29) is 30.1 Å². The van der Waals surface area contributed by atoms with Crippen LogP contribution in [-0.4, -0.2) is 28.4 Å². The Labute approximate surface area is 130 Å². The summed E-state index contributed by atoms with van der Waals surface area (Å²) in [4.78, 5) is 3.94. The summed E-state index contributed by atoms with van der Waals surface area (Å²) in [5.41, 5.74) is -1.41. The van der Waals surface area contributed by atoms with Crippen LogP contribution in [0.25, 0.3) is 0 Å². The molecule has 1 fully saturated rings. The highest BCUT2D eigenvalue weighted by Crippen LogP contribution is 2.41. The highest BCUT2D eigenvalue weighted by molar-refractivity contribution is 6.31. The first-order valence-corrected chi connectivity index (χ1v) is 7.21. The lowest BCUT2D eigenvalue weighted by Crippen LogP contribution is -2.45. The number of anilines is 1. The Kier molecular flexibility index (Phi) is 4.83. The predicted octanol–water partition coefficient (Wildman–Crippen LogP) is 3.50. The van der Waals surface area contributed by atoms with E-state index in [0.29, 0.717) is 18.7 Å². The smallest absolute Gasteiger partial charge is 0.388 e. The SMILES string of the molecule is N#Cc1nc(NCC2(O)CCCC(C(F)(F)F)C2)ccc1Cl. The van der Waals surface area contributed by atoms with Gasteiger partial charge in [0, 0.05) is 6.54 Å². The molecule has 22 heavy (non-hydrogen) atoms. The number of nitrogens with zero attached hydrogens (tertiary/aromatic N) is 2. The van der Waals surface area contributed by atoms with Crippen molar-refractivity contribution >= 4 is 17.4 Å². The van der Waals surface area contributed by atoms with E-state index in [1.54, 1.807) is 0 Å². The molecule has 2 atom stereocenters. The lowest BCUT2D eigenvalue weighted by molar-refractivity contribution is -0.199. The second kappa shape index (κ2) is 6.31. The van der Waals surface area contributed by atoms with Crippen LogP contribution in [0.2, 0.25) is 5.02 Å². The van der Waals surface area contributed by atoms with Gasteiger partial charge in [-0.15, -0.1) is 0 Å². The molecule has 1 aromatic heterocycles. The minimum atomic E-state index is -4.29. The molecule has 2 N–H and O–H groups in total. The summed E-state index contributed by atoms with van der Waals surface area (Å²) in [6.45, 7) is -0.0565. The average Bonchev–Trinajstić information content (AvgIpc) is 2.45. The number of hydrogen-bond donors (Lipinski definition) is 2. The summed E-state index contributed by atoms with van der Waals surface area (Å²) in [6.07, 6.45) is -3.96. The first-order valence-electron chi connectivity index (χ1n) is 6.83. The molecule has 1 aliphatic carbocycles. The highest BCUT2D eigenvalue weighted by Gasteiger charge is 2.46. The normalized spacial score (nSPS) is 25.5. The molecule has 1 heterocycles. The third-order valence-corrected chi connectivity index (χ3v) is 4.14. The Bertz CT molecular complexity index is 588. The zero-order chi connectivity index (χ0) is 16.4. The van der Waals surface area contributed by atoms with Crippen molar-refractivity contribution in [3.05, 3.63) is 22.8 Å². The van der Waals surface area contributed by atoms with Gasteiger partial charge in [0.1, 0.15) is 11.9 Å². The highest BCUT2D eigenvalue weighted by atomic mass is 35.5. The van der Waals surface area contributed by atoms with Gasteiger partial charge in [0.2, 0.25) is 0 Å². The number of rotatable bonds is 3. The van der Waals surface area contributed by atoms with Crippen LogP contribution in [0.5, 0.6) is 0 Å². The van der Waals surface area contributed by atoms with Crippen molar-refractivity contribution in [3.63, 3.8) is 0 Å². The van der Waals surface area contributed by atoms with Crippen LogP contribution < -0.4 is 5.32 Å². The van der Waals surface area contributed by atoms with E-state index >= 15 is 0 Å². The number of pyridine rings is 1. The molecule has 120 valence electrons. The quantitative estimate of drug-likeness (QED) is 0.888. The second-order valence-electron chi connectivity index (χ2n) is 5.55. The monoisotopic (exact) mass is 333 g/mol. The van der Waals surface area contributed by atoms with Crippen molar-refractivity contribution in [1.29, 1.82) is 5.26 Å². The van der Waals surface area contributed by atoms with E-state index in [4.69, 9.17) is 16.9 Å². The lowest BCUT2D eigenvalue weighted by Gasteiger charge is -2.37. The summed E-state index contributed by atoms with van der Waals surface area (Å²) in [6, 6.07) is 4.80. The van der Waals surface area contributed by atoms with Gasteiger partial charge in [-0.1, -0.05) is 11.6 Å². The van der Waals surface area contributed by atoms with Gasteiger partial charge in [-0.05, 0) is 37.8 Å². The van der Waals surface area contributed by atoms with Crippen molar-refractivity contribution in [2.24, 2.45) is 5.92 Å². The molecule has 4 nitrogen and oxygen atoms in total. The maximum Gasteiger partial charge on any atom is 0.391 e. The number of hydrogen-bond acceptors (Lipinski definition) is 4. The van der Waals surface area contributed by atoms with Crippen LogP contribution >= 0.6 is 11.6 Å². The number of alkyl halides is 3. The van der Waals surface area contributed by atoms with E-state index < -0.39 is 17.7 Å². The fourth-order valence-corrected chi connectivity index (χ4v) is 2.80. The fourth-order valence-electron chi connectivity index (χ4n) is 2.65. The van der Waals surface area contributed by atoms with Crippen molar-refractivity contribution < 1.29 is 18.3 Å². The molecule has 2 rings (SSSR count). The lowest BCUT2D eigenvalue weighted by atomic mass is 9.77. The molecule has 1 saturated carbocycles. The number of nitriles is 1. The minimum absolute atomic E-state index is 0.0236. The molecule has 1 aromatic rings. The molecule has 0 spiro atoms. The zero-order valence-electron chi connectivity index (χ0n) is 11.6. The van der Waals surface area contributed by atoms with Crippen molar-refractivity contribution in [2.45, 2.75) is 37.5 Å². The Morgan fingerprint density at radius 3 is 2.86 bits per heavy atom. The van der Waals surface area contributed by atoms with Gasteiger partial charge in [0.05, 0.1) is 16.5 Å². The molecule has 1 aliphatic rings. The maximum atomic E-state index is 12.8. The Balaban J connectivity index is 2.02. The predicted molar refractivity (Wildman–Crippen MR) is 75.4 cm³/mol. The van der Waals surface area contributed by atoms with Crippen molar-refractivity contribution in [1.82, 2.24) is 4.98 Å². The summed E-state index contributed by atoms with van der Waals surface area (Å²) >= 11 is 5.75.